The molecule has 5 heteroatoms. The van der Waals surface area contributed by atoms with Gasteiger partial charge in [0.2, 0.25) is 0 Å². The Labute approximate surface area is 122 Å². The molecule has 0 aliphatic heterocycles. The fourth-order valence-corrected chi connectivity index (χ4v) is 1.98. The van der Waals surface area contributed by atoms with Gasteiger partial charge < -0.3 is 15.2 Å². The molecule has 1 atom stereocenters. The summed E-state index contributed by atoms with van der Waals surface area (Å²) in [4.78, 5) is 11.6. The third-order valence-electron chi connectivity index (χ3n) is 2.79. The summed E-state index contributed by atoms with van der Waals surface area (Å²) in [6, 6.07) is 5.50. The van der Waals surface area contributed by atoms with Crippen LogP contribution in [0.2, 0.25) is 0 Å². The summed E-state index contributed by atoms with van der Waals surface area (Å²) >= 11 is 3.40. The largest absolute Gasteiger partial charge is 0.492 e. The van der Waals surface area contributed by atoms with Crippen LogP contribution in [0.4, 0.5) is 0 Å². The van der Waals surface area contributed by atoms with E-state index in [4.69, 9.17) is 15.2 Å². The van der Waals surface area contributed by atoms with Crippen LogP contribution < -0.4 is 10.5 Å². The maximum atomic E-state index is 11.6. The van der Waals surface area contributed by atoms with E-state index < -0.39 is 5.41 Å². The van der Waals surface area contributed by atoms with Gasteiger partial charge in [-0.2, -0.15) is 0 Å². The smallest absolute Gasteiger partial charge is 0.314 e. The summed E-state index contributed by atoms with van der Waals surface area (Å²) < 4.78 is 11.4. The minimum atomic E-state index is -0.697. The van der Waals surface area contributed by atoms with Crippen LogP contribution in [0.5, 0.6) is 5.75 Å². The highest BCUT2D eigenvalue weighted by Crippen LogP contribution is 2.29. The van der Waals surface area contributed by atoms with Crippen molar-refractivity contribution >= 4 is 21.9 Å². The Balaban J connectivity index is 2.86. The van der Waals surface area contributed by atoms with E-state index in [1.165, 1.54) is 7.11 Å². The molecular weight excluding hydrogens is 310 g/mol. The molecule has 0 radical (unpaired) electrons. The Kier molecular flexibility index (Phi) is 5.38. The number of halogens is 1. The summed E-state index contributed by atoms with van der Waals surface area (Å²) in [5.74, 6) is 0.391. The fraction of sp³-hybridized carbons (Fsp3) is 0.500. The predicted molar refractivity (Wildman–Crippen MR) is 78.0 cm³/mol. The minimum Gasteiger partial charge on any atom is -0.492 e. The lowest BCUT2D eigenvalue weighted by Crippen LogP contribution is -2.32. The van der Waals surface area contributed by atoms with Crippen LogP contribution >= 0.6 is 15.9 Å². The number of hydrogen-bond donors (Lipinski definition) is 1. The van der Waals surface area contributed by atoms with E-state index in [2.05, 4.69) is 15.9 Å². The van der Waals surface area contributed by atoms with Crippen LogP contribution in [-0.2, 0) is 9.53 Å². The van der Waals surface area contributed by atoms with Crippen LogP contribution in [0.25, 0.3) is 0 Å². The second-order valence-electron chi connectivity index (χ2n) is 5.13. The Hall–Kier alpha value is -1.07. The van der Waals surface area contributed by atoms with E-state index in [1.54, 1.807) is 13.8 Å². The molecule has 1 aromatic carbocycles. The van der Waals surface area contributed by atoms with E-state index >= 15 is 0 Å². The van der Waals surface area contributed by atoms with Crippen molar-refractivity contribution in [3.05, 3.63) is 28.2 Å². The van der Waals surface area contributed by atoms with Crippen LogP contribution in [-0.4, -0.2) is 19.7 Å². The van der Waals surface area contributed by atoms with E-state index in [1.807, 2.05) is 25.1 Å². The van der Waals surface area contributed by atoms with Gasteiger partial charge in [0.25, 0.3) is 0 Å². The number of esters is 1. The van der Waals surface area contributed by atoms with Crippen molar-refractivity contribution in [1.29, 1.82) is 0 Å². The zero-order chi connectivity index (χ0) is 14.6. The average Bonchev–Trinajstić information content (AvgIpc) is 2.36. The third kappa shape index (κ3) is 4.21. The highest BCUT2D eigenvalue weighted by atomic mass is 79.9. The maximum absolute atomic E-state index is 11.6. The van der Waals surface area contributed by atoms with Gasteiger partial charge in [-0.3, -0.25) is 4.79 Å². The Morgan fingerprint density at radius 2 is 2.11 bits per heavy atom. The van der Waals surface area contributed by atoms with E-state index in [-0.39, 0.29) is 18.6 Å². The highest BCUT2D eigenvalue weighted by Gasteiger charge is 2.30. The topological polar surface area (TPSA) is 61.5 Å². The molecule has 0 heterocycles. The molecule has 0 aromatic heterocycles. The summed E-state index contributed by atoms with van der Waals surface area (Å²) in [7, 11) is 1.37. The number of benzene rings is 1. The molecule has 0 aliphatic rings. The lowest BCUT2D eigenvalue weighted by Gasteiger charge is -2.23. The van der Waals surface area contributed by atoms with Gasteiger partial charge >= 0.3 is 5.97 Å². The number of hydrogen-bond acceptors (Lipinski definition) is 4. The molecule has 0 aliphatic carbocycles. The first kappa shape index (κ1) is 16.0. The van der Waals surface area contributed by atoms with Crippen LogP contribution in [0.3, 0.4) is 0 Å². The van der Waals surface area contributed by atoms with Gasteiger partial charge in [0.15, 0.2) is 0 Å². The lowest BCUT2D eigenvalue weighted by molar-refractivity contribution is -0.152. The van der Waals surface area contributed by atoms with Gasteiger partial charge in [0.05, 0.1) is 12.5 Å². The predicted octanol–water partition coefficient (Wildman–Crippen LogP) is 3.05. The van der Waals surface area contributed by atoms with Gasteiger partial charge in [-0.1, -0.05) is 15.9 Å². The number of carbonyl (C=O) groups excluding carboxylic acids is 1. The second kappa shape index (κ2) is 6.39. The molecule has 0 unspecified atom stereocenters. The van der Waals surface area contributed by atoms with Gasteiger partial charge in [0.1, 0.15) is 12.4 Å². The molecule has 2 N–H and O–H groups in total. The van der Waals surface area contributed by atoms with Crippen LogP contribution in [0.15, 0.2) is 22.7 Å². The average molecular weight is 330 g/mol. The summed E-state index contributed by atoms with van der Waals surface area (Å²) in [6.45, 7) is 5.69. The Morgan fingerprint density at radius 1 is 1.47 bits per heavy atom. The monoisotopic (exact) mass is 329 g/mol. The van der Waals surface area contributed by atoms with Crippen LogP contribution in [0.1, 0.15) is 32.4 Å². The van der Waals surface area contributed by atoms with Gasteiger partial charge in [-0.25, -0.2) is 0 Å². The molecule has 1 aromatic rings. The molecule has 4 nitrogen and oxygen atoms in total. The molecule has 0 saturated carbocycles. The number of carbonyl (C=O) groups is 1. The van der Waals surface area contributed by atoms with Crippen molar-refractivity contribution in [3.8, 4) is 5.75 Å². The molecular formula is C14H20BrNO3. The number of methoxy groups -OCH3 is 1. The molecule has 0 saturated heterocycles. The SMILES string of the molecule is COC(=O)C(C)(C)COc1ccc(Br)cc1[C@H](C)N. The van der Waals surface area contributed by atoms with Gasteiger partial charge in [0, 0.05) is 16.1 Å². The first-order valence-corrected chi connectivity index (χ1v) is 6.83. The Morgan fingerprint density at radius 3 is 2.63 bits per heavy atom. The minimum absolute atomic E-state index is 0.145. The Bertz CT molecular complexity index is 458. The van der Waals surface area contributed by atoms with Crippen molar-refractivity contribution in [3.63, 3.8) is 0 Å². The quantitative estimate of drug-likeness (QED) is 0.843. The molecule has 0 amide bonds. The first-order chi connectivity index (χ1) is 8.77. The molecule has 19 heavy (non-hydrogen) atoms. The van der Waals surface area contributed by atoms with Gasteiger partial charge in [-0.05, 0) is 39.0 Å². The molecule has 0 fully saturated rings. The van der Waals surface area contributed by atoms with Crippen LogP contribution in [0, 0.1) is 5.41 Å². The normalized spacial score (nSPS) is 12.9. The molecule has 0 bridgehead atoms. The summed E-state index contributed by atoms with van der Waals surface area (Å²) in [6.07, 6.45) is 0. The highest BCUT2D eigenvalue weighted by molar-refractivity contribution is 9.10. The number of nitrogens with two attached hydrogens (primary N) is 1. The van der Waals surface area contributed by atoms with Crippen molar-refractivity contribution in [2.75, 3.05) is 13.7 Å². The van der Waals surface area contributed by atoms with Crippen molar-refractivity contribution in [2.45, 2.75) is 26.8 Å². The zero-order valence-corrected chi connectivity index (χ0v) is 13.3. The van der Waals surface area contributed by atoms with Crippen molar-refractivity contribution in [2.24, 2.45) is 11.1 Å². The molecule has 106 valence electrons. The van der Waals surface area contributed by atoms with E-state index in [0.717, 1.165) is 10.0 Å². The second-order valence-corrected chi connectivity index (χ2v) is 6.05. The third-order valence-corrected chi connectivity index (χ3v) is 3.28. The first-order valence-electron chi connectivity index (χ1n) is 6.04. The van der Waals surface area contributed by atoms with E-state index in [0.29, 0.717) is 5.75 Å². The molecule has 1 rings (SSSR count). The van der Waals surface area contributed by atoms with Gasteiger partial charge in [-0.15, -0.1) is 0 Å². The fourth-order valence-electron chi connectivity index (χ4n) is 1.60. The lowest BCUT2D eigenvalue weighted by atomic mass is 9.95. The molecule has 0 spiro atoms. The summed E-state index contributed by atoms with van der Waals surface area (Å²) in [5.41, 5.74) is 6.12. The standard InChI is InChI=1S/C14H20BrNO3/c1-9(16)11-7-10(15)5-6-12(11)19-8-14(2,3)13(17)18-4/h5-7,9H,8,16H2,1-4H3/t9-/m0/s1. The van der Waals surface area contributed by atoms with Crippen molar-refractivity contribution in [1.82, 2.24) is 0 Å². The summed E-state index contributed by atoms with van der Waals surface area (Å²) in [5, 5.41) is 0. The zero-order valence-electron chi connectivity index (χ0n) is 11.7. The number of ether oxygens (including phenoxy) is 2. The number of rotatable bonds is 5. The van der Waals surface area contributed by atoms with Crippen molar-refractivity contribution < 1.29 is 14.3 Å². The van der Waals surface area contributed by atoms with E-state index in [9.17, 15) is 4.79 Å². The maximum Gasteiger partial charge on any atom is 0.314 e.